The number of nitrogens with one attached hydrogen (secondary N) is 2. The first-order chi connectivity index (χ1) is 9.90. The number of carbonyl (C=O) groups excluding carboxylic acids is 2. The highest BCUT2D eigenvalue weighted by Crippen LogP contribution is 2.04. The summed E-state index contributed by atoms with van der Waals surface area (Å²) in [6.45, 7) is 6.09. The maximum atomic E-state index is 11.8. The number of aliphatic hydroxyl groups is 1. The van der Waals surface area contributed by atoms with Crippen LogP contribution in [0.25, 0.3) is 0 Å². The Kier molecular flexibility index (Phi) is 6.88. The molecule has 0 aliphatic rings. The van der Waals surface area contributed by atoms with Crippen LogP contribution in [0.4, 0.5) is 0 Å². The van der Waals surface area contributed by atoms with E-state index in [0.717, 1.165) is 5.56 Å². The molecule has 21 heavy (non-hydrogen) atoms. The summed E-state index contributed by atoms with van der Waals surface area (Å²) < 4.78 is 0. The summed E-state index contributed by atoms with van der Waals surface area (Å²) >= 11 is 0. The molecule has 116 valence electrons. The van der Waals surface area contributed by atoms with E-state index in [1.807, 2.05) is 26.8 Å². The molecule has 1 atom stereocenters. The first-order valence-electron chi connectivity index (χ1n) is 7.19. The lowest BCUT2D eigenvalue weighted by molar-refractivity contribution is -0.120. The minimum absolute atomic E-state index is 0.0649. The molecule has 0 saturated carbocycles. The van der Waals surface area contributed by atoms with E-state index in [4.69, 9.17) is 0 Å². The number of hydrogen-bond donors (Lipinski definition) is 3. The van der Waals surface area contributed by atoms with Crippen molar-refractivity contribution in [1.82, 2.24) is 10.6 Å². The van der Waals surface area contributed by atoms with Gasteiger partial charge in [-0.3, -0.25) is 9.59 Å². The Hall–Kier alpha value is -1.88. The maximum absolute atomic E-state index is 11.8. The zero-order valence-electron chi connectivity index (χ0n) is 12.8. The first-order valence-corrected chi connectivity index (χ1v) is 7.19. The molecule has 0 saturated heterocycles. The van der Waals surface area contributed by atoms with E-state index < -0.39 is 6.10 Å². The highest BCUT2D eigenvalue weighted by molar-refractivity contribution is 5.96. The van der Waals surface area contributed by atoms with Crippen molar-refractivity contribution in [2.45, 2.75) is 33.3 Å². The molecule has 3 N–H and O–H groups in total. The predicted molar refractivity (Wildman–Crippen MR) is 82.0 cm³/mol. The second kappa shape index (κ2) is 8.42. The molecular formula is C16H24N2O3. The Morgan fingerprint density at radius 3 is 2.57 bits per heavy atom. The number of hydrogen-bond acceptors (Lipinski definition) is 3. The first kappa shape index (κ1) is 17.2. The van der Waals surface area contributed by atoms with Gasteiger partial charge in [-0.2, -0.15) is 0 Å². The van der Waals surface area contributed by atoms with Crippen molar-refractivity contribution in [1.29, 1.82) is 0 Å². The van der Waals surface area contributed by atoms with E-state index in [1.165, 1.54) is 0 Å². The fourth-order valence-electron chi connectivity index (χ4n) is 1.80. The second-order valence-electron chi connectivity index (χ2n) is 5.50. The Morgan fingerprint density at radius 2 is 1.95 bits per heavy atom. The van der Waals surface area contributed by atoms with Crippen LogP contribution < -0.4 is 10.6 Å². The molecule has 0 spiro atoms. The molecule has 5 nitrogen and oxygen atoms in total. The Bertz CT molecular complexity index is 486. The van der Waals surface area contributed by atoms with Crippen LogP contribution in [0.1, 0.15) is 36.2 Å². The molecule has 1 rings (SSSR count). The van der Waals surface area contributed by atoms with Gasteiger partial charge in [0.1, 0.15) is 0 Å². The van der Waals surface area contributed by atoms with Crippen molar-refractivity contribution in [2.75, 3.05) is 13.1 Å². The summed E-state index contributed by atoms with van der Waals surface area (Å²) in [6, 6.07) is 7.19. The minimum atomic E-state index is -0.424. The fraction of sp³-hybridized carbons (Fsp3) is 0.500. The predicted octanol–water partition coefficient (Wildman–Crippen LogP) is 1.25. The van der Waals surface area contributed by atoms with Gasteiger partial charge in [0.25, 0.3) is 5.91 Å². The molecule has 0 aliphatic carbocycles. The van der Waals surface area contributed by atoms with Crippen LogP contribution in [0.2, 0.25) is 0 Å². The van der Waals surface area contributed by atoms with E-state index in [0.29, 0.717) is 18.5 Å². The van der Waals surface area contributed by atoms with Crippen LogP contribution in [-0.2, 0) is 4.79 Å². The summed E-state index contributed by atoms with van der Waals surface area (Å²) in [6.07, 6.45) is 0.0853. The molecule has 1 aromatic rings. The van der Waals surface area contributed by atoms with Gasteiger partial charge in [0.15, 0.2) is 0 Å². The van der Waals surface area contributed by atoms with Gasteiger partial charge >= 0.3 is 0 Å². The van der Waals surface area contributed by atoms with E-state index in [2.05, 4.69) is 10.6 Å². The van der Waals surface area contributed by atoms with Crippen LogP contribution in [-0.4, -0.2) is 36.1 Å². The molecule has 2 amide bonds. The van der Waals surface area contributed by atoms with Crippen LogP contribution in [0, 0.1) is 12.8 Å². The fourth-order valence-corrected chi connectivity index (χ4v) is 1.80. The summed E-state index contributed by atoms with van der Waals surface area (Å²) in [7, 11) is 0. The van der Waals surface area contributed by atoms with Crippen LogP contribution in [0.3, 0.4) is 0 Å². The Balaban J connectivity index is 2.28. The average molecular weight is 292 g/mol. The second-order valence-corrected chi connectivity index (χ2v) is 5.50. The van der Waals surface area contributed by atoms with Crippen molar-refractivity contribution < 1.29 is 14.7 Å². The van der Waals surface area contributed by atoms with Gasteiger partial charge in [-0.05, 0) is 31.4 Å². The summed E-state index contributed by atoms with van der Waals surface area (Å²) in [4.78, 5) is 23.4. The van der Waals surface area contributed by atoms with Gasteiger partial charge in [-0.1, -0.05) is 31.5 Å². The topological polar surface area (TPSA) is 78.4 Å². The van der Waals surface area contributed by atoms with Crippen molar-refractivity contribution in [3.8, 4) is 0 Å². The smallest absolute Gasteiger partial charge is 0.251 e. The SMILES string of the molecule is Cc1cccc(C(=O)NCC(=O)NCCC(O)C(C)C)c1. The van der Waals surface area contributed by atoms with Crippen LogP contribution in [0.15, 0.2) is 24.3 Å². The molecule has 1 unspecified atom stereocenters. The quantitative estimate of drug-likeness (QED) is 0.707. The highest BCUT2D eigenvalue weighted by Gasteiger charge is 2.10. The van der Waals surface area contributed by atoms with Crippen molar-refractivity contribution in [3.63, 3.8) is 0 Å². The van der Waals surface area contributed by atoms with E-state index in [1.54, 1.807) is 18.2 Å². The zero-order chi connectivity index (χ0) is 15.8. The third-order valence-corrected chi connectivity index (χ3v) is 3.22. The maximum Gasteiger partial charge on any atom is 0.251 e. The molecule has 1 aromatic carbocycles. The summed E-state index contributed by atoms with van der Waals surface area (Å²) in [5.74, 6) is -0.356. The van der Waals surface area contributed by atoms with Crippen molar-refractivity contribution in [2.24, 2.45) is 5.92 Å². The molecule has 0 bridgehead atoms. The molecule has 0 fully saturated rings. The van der Waals surface area contributed by atoms with Gasteiger partial charge < -0.3 is 15.7 Å². The molecule has 0 aliphatic heterocycles. The lowest BCUT2D eigenvalue weighted by atomic mass is 10.0. The molecule has 0 heterocycles. The van der Waals surface area contributed by atoms with Crippen LogP contribution in [0.5, 0.6) is 0 Å². The van der Waals surface area contributed by atoms with Crippen molar-refractivity contribution in [3.05, 3.63) is 35.4 Å². The molecular weight excluding hydrogens is 268 g/mol. The largest absolute Gasteiger partial charge is 0.393 e. The van der Waals surface area contributed by atoms with Gasteiger partial charge in [0.2, 0.25) is 5.91 Å². The Labute approximate surface area is 125 Å². The lowest BCUT2D eigenvalue weighted by Crippen LogP contribution is -2.38. The van der Waals surface area contributed by atoms with Crippen molar-refractivity contribution >= 4 is 11.8 Å². The number of aryl methyl sites for hydroxylation is 1. The highest BCUT2D eigenvalue weighted by atomic mass is 16.3. The number of benzene rings is 1. The molecule has 0 radical (unpaired) electrons. The standard InChI is InChI=1S/C16H24N2O3/c1-11(2)14(19)7-8-17-15(20)10-18-16(21)13-6-4-5-12(3)9-13/h4-6,9,11,14,19H,7-8,10H2,1-3H3,(H,17,20)(H,18,21). The number of amides is 2. The zero-order valence-corrected chi connectivity index (χ0v) is 12.8. The minimum Gasteiger partial charge on any atom is -0.393 e. The lowest BCUT2D eigenvalue weighted by Gasteiger charge is -2.14. The van der Waals surface area contributed by atoms with Gasteiger partial charge in [-0.25, -0.2) is 0 Å². The van der Waals surface area contributed by atoms with E-state index in [9.17, 15) is 14.7 Å². The number of carbonyl (C=O) groups is 2. The van der Waals surface area contributed by atoms with Gasteiger partial charge in [-0.15, -0.1) is 0 Å². The summed E-state index contributed by atoms with van der Waals surface area (Å²) in [5, 5.41) is 14.9. The van der Waals surface area contributed by atoms with E-state index in [-0.39, 0.29) is 24.3 Å². The molecule has 5 heteroatoms. The van der Waals surface area contributed by atoms with Crippen LogP contribution >= 0.6 is 0 Å². The monoisotopic (exact) mass is 292 g/mol. The third-order valence-electron chi connectivity index (χ3n) is 3.22. The number of rotatable bonds is 7. The Morgan fingerprint density at radius 1 is 1.24 bits per heavy atom. The third kappa shape index (κ3) is 6.40. The van der Waals surface area contributed by atoms with E-state index >= 15 is 0 Å². The van der Waals surface area contributed by atoms with Gasteiger partial charge in [0.05, 0.1) is 12.6 Å². The summed E-state index contributed by atoms with van der Waals surface area (Å²) in [5.41, 5.74) is 1.54. The van der Waals surface area contributed by atoms with Gasteiger partial charge in [0, 0.05) is 12.1 Å². The number of aliphatic hydroxyl groups excluding tert-OH is 1. The normalized spacial score (nSPS) is 12.0. The average Bonchev–Trinajstić information content (AvgIpc) is 2.44. The molecule has 0 aromatic heterocycles.